The number of nitriles is 1. The fourth-order valence-corrected chi connectivity index (χ4v) is 2.14. The first-order valence-corrected chi connectivity index (χ1v) is 7.67. The Morgan fingerprint density at radius 2 is 1.92 bits per heavy atom. The lowest BCUT2D eigenvalue weighted by Gasteiger charge is -2.11. The van der Waals surface area contributed by atoms with Crippen LogP contribution >= 0.6 is 22.6 Å². The molecular formula is C16H11F2IN2O3. The predicted molar refractivity (Wildman–Crippen MR) is 90.9 cm³/mol. The quantitative estimate of drug-likeness (QED) is 0.567. The number of nitrogens with zero attached hydrogens (tertiary/aromatic N) is 1. The first kappa shape index (κ1) is 17.9. The zero-order chi connectivity index (χ0) is 17.7. The van der Waals surface area contributed by atoms with Crippen molar-refractivity contribution >= 4 is 34.2 Å². The molecule has 2 aromatic carbocycles. The van der Waals surface area contributed by atoms with E-state index in [1.54, 1.807) is 0 Å². The van der Waals surface area contributed by atoms with Crippen molar-refractivity contribution in [3.63, 3.8) is 0 Å². The Balaban J connectivity index is 2.03. The van der Waals surface area contributed by atoms with Gasteiger partial charge in [-0.25, -0.2) is 8.78 Å². The third kappa shape index (κ3) is 4.32. The van der Waals surface area contributed by atoms with E-state index in [1.165, 1.54) is 47.9 Å². The Labute approximate surface area is 150 Å². The summed E-state index contributed by atoms with van der Waals surface area (Å²) < 4.78 is 37.1. The van der Waals surface area contributed by atoms with E-state index in [2.05, 4.69) is 5.32 Å². The topological polar surface area (TPSA) is 71.3 Å². The maximum absolute atomic E-state index is 13.4. The second-order valence-corrected chi connectivity index (χ2v) is 5.65. The molecule has 0 radical (unpaired) electrons. The number of carbonyl (C=O) groups is 1. The number of carbonyl (C=O) groups excluding carboxylic acids is 1. The van der Waals surface area contributed by atoms with Crippen LogP contribution in [0.3, 0.4) is 0 Å². The maximum Gasteiger partial charge on any atom is 0.262 e. The Morgan fingerprint density at radius 3 is 2.50 bits per heavy atom. The van der Waals surface area contributed by atoms with E-state index in [1.807, 2.05) is 6.07 Å². The van der Waals surface area contributed by atoms with Crippen molar-refractivity contribution in [3.8, 4) is 17.6 Å². The molecule has 5 nitrogen and oxygen atoms in total. The largest absolute Gasteiger partial charge is 0.493 e. The Morgan fingerprint density at radius 1 is 1.25 bits per heavy atom. The van der Waals surface area contributed by atoms with E-state index < -0.39 is 24.1 Å². The highest BCUT2D eigenvalue weighted by atomic mass is 127. The molecule has 0 saturated heterocycles. The second kappa shape index (κ2) is 7.92. The summed E-state index contributed by atoms with van der Waals surface area (Å²) in [6, 6.07) is 8.47. The van der Waals surface area contributed by atoms with Gasteiger partial charge in [0.05, 0.1) is 22.3 Å². The van der Waals surface area contributed by atoms with Crippen molar-refractivity contribution in [2.24, 2.45) is 0 Å². The third-order valence-corrected chi connectivity index (χ3v) is 3.95. The lowest BCUT2D eigenvalue weighted by atomic mass is 10.2. The SMILES string of the molecule is COc1cc(C#N)ccc1OCC(=O)Nc1cc(F)c(I)c(F)c1. The van der Waals surface area contributed by atoms with Crippen molar-refractivity contribution in [1.29, 1.82) is 5.26 Å². The minimum absolute atomic E-state index is 0.00851. The second-order valence-electron chi connectivity index (χ2n) is 4.57. The van der Waals surface area contributed by atoms with Gasteiger partial charge in [-0.2, -0.15) is 5.26 Å². The highest BCUT2D eigenvalue weighted by Gasteiger charge is 2.12. The van der Waals surface area contributed by atoms with Gasteiger partial charge in [-0.3, -0.25) is 4.79 Å². The average molecular weight is 444 g/mol. The summed E-state index contributed by atoms with van der Waals surface area (Å²) in [7, 11) is 1.40. The van der Waals surface area contributed by atoms with Crippen LogP contribution in [0.4, 0.5) is 14.5 Å². The molecule has 0 fully saturated rings. The molecular weight excluding hydrogens is 433 g/mol. The minimum atomic E-state index is -0.763. The van der Waals surface area contributed by atoms with E-state index in [9.17, 15) is 13.6 Å². The van der Waals surface area contributed by atoms with Crippen LogP contribution in [0.1, 0.15) is 5.56 Å². The average Bonchev–Trinajstić information content (AvgIpc) is 2.57. The highest BCUT2D eigenvalue weighted by Crippen LogP contribution is 2.28. The molecule has 0 atom stereocenters. The lowest BCUT2D eigenvalue weighted by Crippen LogP contribution is -2.20. The van der Waals surface area contributed by atoms with Crippen LogP contribution in [0.25, 0.3) is 0 Å². The van der Waals surface area contributed by atoms with E-state index >= 15 is 0 Å². The van der Waals surface area contributed by atoms with E-state index in [4.69, 9.17) is 14.7 Å². The number of benzene rings is 2. The predicted octanol–water partition coefficient (Wildman–Crippen LogP) is 3.47. The molecule has 0 bridgehead atoms. The van der Waals surface area contributed by atoms with Gasteiger partial charge in [0.15, 0.2) is 18.1 Å². The van der Waals surface area contributed by atoms with Gasteiger partial charge in [0.25, 0.3) is 5.91 Å². The monoisotopic (exact) mass is 444 g/mol. The van der Waals surface area contributed by atoms with Crippen LogP contribution in [-0.2, 0) is 4.79 Å². The van der Waals surface area contributed by atoms with Crippen LogP contribution in [0.15, 0.2) is 30.3 Å². The summed E-state index contributed by atoms with van der Waals surface area (Å²) in [4.78, 5) is 11.8. The summed E-state index contributed by atoms with van der Waals surface area (Å²) in [5.74, 6) is -1.55. The van der Waals surface area contributed by atoms with Gasteiger partial charge in [0, 0.05) is 11.8 Å². The Hall–Kier alpha value is -2.41. The molecule has 24 heavy (non-hydrogen) atoms. The number of ether oxygens (including phenoxy) is 2. The van der Waals surface area contributed by atoms with Gasteiger partial charge < -0.3 is 14.8 Å². The molecule has 1 N–H and O–H groups in total. The molecule has 124 valence electrons. The van der Waals surface area contributed by atoms with Gasteiger partial charge >= 0.3 is 0 Å². The molecule has 0 aliphatic heterocycles. The zero-order valence-corrected chi connectivity index (χ0v) is 14.6. The van der Waals surface area contributed by atoms with Crippen LogP contribution < -0.4 is 14.8 Å². The molecule has 2 rings (SSSR count). The smallest absolute Gasteiger partial charge is 0.262 e. The summed E-state index contributed by atoms with van der Waals surface area (Å²) >= 11 is 1.53. The van der Waals surface area contributed by atoms with E-state index in [0.717, 1.165) is 12.1 Å². The number of hydrogen-bond acceptors (Lipinski definition) is 4. The minimum Gasteiger partial charge on any atom is -0.493 e. The van der Waals surface area contributed by atoms with Crippen molar-refractivity contribution in [1.82, 2.24) is 0 Å². The number of hydrogen-bond donors (Lipinski definition) is 1. The summed E-state index contributed by atoms with van der Waals surface area (Å²) in [5, 5.41) is 11.2. The van der Waals surface area contributed by atoms with Crippen LogP contribution in [0.5, 0.6) is 11.5 Å². The van der Waals surface area contributed by atoms with Crippen LogP contribution in [0.2, 0.25) is 0 Å². The number of nitrogens with one attached hydrogen (secondary N) is 1. The number of rotatable bonds is 5. The lowest BCUT2D eigenvalue weighted by molar-refractivity contribution is -0.118. The molecule has 0 heterocycles. The van der Waals surface area contributed by atoms with Gasteiger partial charge in [0.1, 0.15) is 11.6 Å². The van der Waals surface area contributed by atoms with Crippen molar-refractivity contribution < 1.29 is 23.0 Å². The third-order valence-electron chi connectivity index (χ3n) is 2.92. The van der Waals surface area contributed by atoms with Crippen molar-refractivity contribution in [2.75, 3.05) is 19.0 Å². The van der Waals surface area contributed by atoms with Gasteiger partial charge in [-0.15, -0.1) is 0 Å². The molecule has 1 amide bonds. The summed E-state index contributed by atoms with van der Waals surface area (Å²) in [6.07, 6.45) is 0. The van der Waals surface area contributed by atoms with Gasteiger partial charge in [-0.05, 0) is 46.9 Å². The Kier molecular flexibility index (Phi) is 5.92. The fourth-order valence-electron chi connectivity index (χ4n) is 1.82. The van der Waals surface area contributed by atoms with E-state index in [0.29, 0.717) is 11.3 Å². The molecule has 0 unspecified atom stereocenters. The summed E-state index contributed by atoms with van der Waals surface area (Å²) in [6.45, 7) is -0.391. The first-order chi connectivity index (χ1) is 11.4. The zero-order valence-electron chi connectivity index (χ0n) is 12.4. The van der Waals surface area contributed by atoms with Crippen molar-refractivity contribution in [3.05, 3.63) is 51.1 Å². The highest BCUT2D eigenvalue weighted by molar-refractivity contribution is 14.1. The van der Waals surface area contributed by atoms with Crippen molar-refractivity contribution in [2.45, 2.75) is 0 Å². The standard InChI is InChI=1S/C16H11F2IN2O3/c1-23-14-4-9(7-20)2-3-13(14)24-8-15(22)21-10-5-11(17)16(19)12(18)6-10/h2-6H,8H2,1H3,(H,21,22). The molecule has 0 aliphatic carbocycles. The number of anilines is 1. The first-order valence-electron chi connectivity index (χ1n) is 6.60. The van der Waals surface area contributed by atoms with Crippen LogP contribution in [0, 0.1) is 26.5 Å². The fraction of sp³-hybridized carbons (Fsp3) is 0.125. The molecule has 0 aromatic heterocycles. The maximum atomic E-state index is 13.4. The number of halogens is 3. The molecule has 0 aliphatic rings. The van der Waals surface area contributed by atoms with Gasteiger partial charge in [0.2, 0.25) is 0 Å². The molecule has 0 spiro atoms. The van der Waals surface area contributed by atoms with Gasteiger partial charge in [-0.1, -0.05) is 0 Å². The number of amides is 1. The molecule has 0 saturated carbocycles. The van der Waals surface area contributed by atoms with Crippen LogP contribution in [-0.4, -0.2) is 19.6 Å². The number of methoxy groups -OCH3 is 1. The Bertz CT molecular complexity index is 798. The normalized spacial score (nSPS) is 9.96. The van der Waals surface area contributed by atoms with E-state index in [-0.39, 0.29) is 15.0 Å². The molecule has 2 aromatic rings. The summed E-state index contributed by atoms with van der Waals surface area (Å²) in [5.41, 5.74) is 0.374. The molecule has 8 heteroatoms.